The minimum absolute atomic E-state index is 0.113. The van der Waals surface area contributed by atoms with E-state index in [9.17, 15) is 23.1 Å². The molecule has 150 valence electrons. The highest BCUT2D eigenvalue weighted by atomic mass is 19.4. The van der Waals surface area contributed by atoms with Crippen molar-refractivity contribution in [2.75, 3.05) is 6.61 Å². The van der Waals surface area contributed by atoms with Crippen LogP contribution in [0.3, 0.4) is 0 Å². The minimum Gasteiger partial charge on any atom is -0.396 e. The predicted molar refractivity (Wildman–Crippen MR) is 98.7 cm³/mol. The third-order valence-electron chi connectivity index (χ3n) is 5.50. The van der Waals surface area contributed by atoms with Gasteiger partial charge in [0.15, 0.2) is 0 Å². The molecule has 0 unspecified atom stereocenters. The van der Waals surface area contributed by atoms with E-state index in [1.807, 2.05) is 6.92 Å². The fraction of sp³-hybridized carbons (Fsp3) is 0.571. The number of amides is 1. The summed E-state index contributed by atoms with van der Waals surface area (Å²) in [6.45, 7) is 6.58. The largest absolute Gasteiger partial charge is 0.416 e. The molecule has 3 atom stereocenters. The third-order valence-corrected chi connectivity index (χ3v) is 5.50. The number of nitrogens with one attached hydrogen (secondary N) is 1. The lowest BCUT2D eigenvalue weighted by molar-refractivity contribution is -0.137. The van der Waals surface area contributed by atoms with Crippen LogP contribution in [0.4, 0.5) is 13.2 Å². The van der Waals surface area contributed by atoms with E-state index in [-0.39, 0.29) is 30.9 Å². The number of halogens is 3. The standard InChI is InChI=1S/C21H28F3NO2/c1-13(2)19-9-16(14(3)8-17(19)12-26)10-20(27)25-11-15-4-6-18(7-5-15)21(22,23)24/h4-8,13,16-17,19,26H,9-12H2,1-3H3,(H,25,27)/t16-,17-,19-/m0/s1. The van der Waals surface area contributed by atoms with Gasteiger partial charge in [-0.05, 0) is 48.8 Å². The van der Waals surface area contributed by atoms with Gasteiger partial charge in [0.1, 0.15) is 0 Å². The molecule has 1 aliphatic carbocycles. The van der Waals surface area contributed by atoms with E-state index in [2.05, 4.69) is 25.2 Å². The first-order chi connectivity index (χ1) is 12.6. The second-order valence-corrected chi connectivity index (χ2v) is 7.77. The summed E-state index contributed by atoms with van der Waals surface area (Å²) in [6, 6.07) is 4.82. The lowest BCUT2D eigenvalue weighted by Crippen LogP contribution is -2.32. The summed E-state index contributed by atoms with van der Waals surface area (Å²) < 4.78 is 37.7. The number of carbonyl (C=O) groups excluding carboxylic acids is 1. The summed E-state index contributed by atoms with van der Waals surface area (Å²) in [5, 5.41) is 12.4. The molecule has 2 rings (SSSR count). The van der Waals surface area contributed by atoms with Gasteiger partial charge in [0, 0.05) is 25.5 Å². The van der Waals surface area contributed by atoms with E-state index in [1.165, 1.54) is 12.1 Å². The number of carbonyl (C=O) groups is 1. The first kappa shape index (κ1) is 21.5. The fourth-order valence-electron chi connectivity index (χ4n) is 3.79. The SMILES string of the molecule is CC1=C[C@@H](CO)[C@H](C(C)C)C[C@H]1CC(=O)NCc1ccc(C(F)(F)F)cc1. The molecule has 1 aromatic rings. The van der Waals surface area contributed by atoms with Crippen molar-refractivity contribution >= 4 is 5.91 Å². The van der Waals surface area contributed by atoms with Crippen molar-refractivity contribution in [3.05, 3.63) is 47.0 Å². The van der Waals surface area contributed by atoms with Gasteiger partial charge in [-0.2, -0.15) is 13.2 Å². The van der Waals surface area contributed by atoms with Crippen LogP contribution in [0.15, 0.2) is 35.9 Å². The van der Waals surface area contributed by atoms with Crippen molar-refractivity contribution in [3.8, 4) is 0 Å². The van der Waals surface area contributed by atoms with Crippen molar-refractivity contribution in [3.63, 3.8) is 0 Å². The molecule has 0 aliphatic heterocycles. The third kappa shape index (κ3) is 5.83. The van der Waals surface area contributed by atoms with Gasteiger partial charge in [-0.25, -0.2) is 0 Å². The van der Waals surface area contributed by atoms with Crippen LogP contribution in [0.2, 0.25) is 0 Å². The highest BCUT2D eigenvalue weighted by molar-refractivity contribution is 5.76. The van der Waals surface area contributed by atoms with E-state index >= 15 is 0 Å². The number of hydrogen-bond donors (Lipinski definition) is 2. The first-order valence-corrected chi connectivity index (χ1v) is 9.33. The molecular formula is C21H28F3NO2. The lowest BCUT2D eigenvalue weighted by atomic mass is 9.70. The Kier molecular flexibility index (Phi) is 7.09. The Morgan fingerprint density at radius 2 is 1.89 bits per heavy atom. The Hall–Kier alpha value is -1.82. The highest BCUT2D eigenvalue weighted by Gasteiger charge is 2.32. The molecular weight excluding hydrogens is 355 g/mol. The summed E-state index contributed by atoms with van der Waals surface area (Å²) in [7, 11) is 0. The Labute approximate surface area is 158 Å². The van der Waals surface area contributed by atoms with Crippen molar-refractivity contribution in [2.45, 2.75) is 46.3 Å². The first-order valence-electron chi connectivity index (χ1n) is 9.33. The second kappa shape index (κ2) is 8.91. The molecule has 0 saturated heterocycles. The van der Waals surface area contributed by atoms with Crippen molar-refractivity contribution in [1.29, 1.82) is 0 Å². The summed E-state index contributed by atoms with van der Waals surface area (Å²) in [4.78, 5) is 12.3. The molecule has 27 heavy (non-hydrogen) atoms. The van der Waals surface area contributed by atoms with Crippen LogP contribution < -0.4 is 5.32 Å². The normalized spacial score (nSPS) is 23.3. The van der Waals surface area contributed by atoms with Gasteiger partial charge < -0.3 is 10.4 Å². The molecule has 0 heterocycles. The predicted octanol–water partition coefficient (Wildman–Crippen LogP) is 4.56. The van der Waals surface area contributed by atoms with E-state index in [4.69, 9.17) is 0 Å². The maximum Gasteiger partial charge on any atom is 0.416 e. The Balaban J connectivity index is 1.91. The van der Waals surface area contributed by atoms with Crippen molar-refractivity contribution < 1.29 is 23.1 Å². The van der Waals surface area contributed by atoms with Crippen LogP contribution in [0, 0.1) is 23.7 Å². The Morgan fingerprint density at radius 1 is 1.26 bits per heavy atom. The van der Waals surface area contributed by atoms with E-state index < -0.39 is 11.7 Å². The topological polar surface area (TPSA) is 49.3 Å². The minimum atomic E-state index is -4.36. The number of allylic oxidation sites excluding steroid dienone is 1. The van der Waals surface area contributed by atoms with Crippen LogP contribution in [0.25, 0.3) is 0 Å². The molecule has 6 heteroatoms. The van der Waals surface area contributed by atoms with Gasteiger partial charge >= 0.3 is 6.18 Å². The molecule has 0 radical (unpaired) electrons. The van der Waals surface area contributed by atoms with Crippen LogP contribution in [-0.2, 0) is 17.5 Å². The number of hydrogen-bond acceptors (Lipinski definition) is 2. The highest BCUT2D eigenvalue weighted by Crippen LogP contribution is 2.38. The molecule has 2 N–H and O–H groups in total. The number of rotatable bonds is 6. The number of benzene rings is 1. The molecule has 0 saturated carbocycles. The molecule has 0 fully saturated rings. The van der Waals surface area contributed by atoms with Gasteiger partial charge in [-0.15, -0.1) is 0 Å². The van der Waals surface area contributed by atoms with Crippen molar-refractivity contribution in [2.24, 2.45) is 23.7 Å². The van der Waals surface area contributed by atoms with Gasteiger partial charge in [-0.3, -0.25) is 4.79 Å². The Morgan fingerprint density at radius 3 is 2.41 bits per heavy atom. The Bertz CT molecular complexity index is 665. The quantitative estimate of drug-likeness (QED) is 0.708. The van der Waals surface area contributed by atoms with Gasteiger partial charge in [0.2, 0.25) is 5.91 Å². The zero-order valence-electron chi connectivity index (χ0n) is 16.0. The van der Waals surface area contributed by atoms with E-state index in [0.29, 0.717) is 23.8 Å². The molecule has 1 aliphatic rings. The summed E-state index contributed by atoms with van der Waals surface area (Å²) in [5.74, 6) is 0.914. The van der Waals surface area contributed by atoms with Crippen LogP contribution in [-0.4, -0.2) is 17.6 Å². The van der Waals surface area contributed by atoms with Crippen molar-refractivity contribution in [1.82, 2.24) is 5.32 Å². The molecule has 0 spiro atoms. The average Bonchev–Trinajstić information content (AvgIpc) is 2.60. The number of aliphatic hydroxyl groups is 1. The maximum absolute atomic E-state index is 12.6. The van der Waals surface area contributed by atoms with Crippen LogP contribution in [0.1, 0.15) is 44.7 Å². The molecule has 0 aromatic heterocycles. The summed E-state index contributed by atoms with van der Waals surface area (Å²) in [5.41, 5.74) is 1.06. The maximum atomic E-state index is 12.6. The smallest absolute Gasteiger partial charge is 0.396 e. The van der Waals surface area contributed by atoms with E-state index in [0.717, 1.165) is 24.1 Å². The van der Waals surface area contributed by atoms with Crippen LogP contribution >= 0.6 is 0 Å². The lowest BCUT2D eigenvalue weighted by Gasteiger charge is -2.36. The average molecular weight is 383 g/mol. The zero-order chi connectivity index (χ0) is 20.2. The molecule has 3 nitrogen and oxygen atoms in total. The van der Waals surface area contributed by atoms with Gasteiger partial charge in [0.25, 0.3) is 0 Å². The van der Waals surface area contributed by atoms with E-state index in [1.54, 1.807) is 0 Å². The monoisotopic (exact) mass is 383 g/mol. The molecule has 1 amide bonds. The second-order valence-electron chi connectivity index (χ2n) is 7.77. The van der Waals surface area contributed by atoms with Gasteiger partial charge in [-0.1, -0.05) is 37.6 Å². The van der Waals surface area contributed by atoms with Crippen LogP contribution in [0.5, 0.6) is 0 Å². The summed E-state index contributed by atoms with van der Waals surface area (Å²) >= 11 is 0. The van der Waals surface area contributed by atoms with Gasteiger partial charge in [0.05, 0.1) is 5.56 Å². The number of alkyl halides is 3. The number of aliphatic hydroxyl groups excluding tert-OH is 1. The molecule has 0 bridgehead atoms. The fourth-order valence-corrected chi connectivity index (χ4v) is 3.79. The summed E-state index contributed by atoms with van der Waals surface area (Å²) in [6.07, 6.45) is -1.06. The zero-order valence-corrected chi connectivity index (χ0v) is 16.0. The molecule has 1 aromatic carbocycles.